The molecule has 0 spiro atoms. The Labute approximate surface area is 137 Å². The monoisotopic (exact) mass is 328 g/mol. The van der Waals surface area contributed by atoms with Crippen LogP contribution < -0.4 is 5.32 Å². The molecule has 0 fully saturated rings. The molecule has 2 aromatic carbocycles. The van der Waals surface area contributed by atoms with Gasteiger partial charge in [0.1, 0.15) is 12.1 Å². The van der Waals surface area contributed by atoms with Crippen molar-refractivity contribution in [1.29, 1.82) is 0 Å². The van der Waals surface area contributed by atoms with Gasteiger partial charge in [0.05, 0.1) is 12.1 Å². The van der Waals surface area contributed by atoms with Gasteiger partial charge in [0, 0.05) is 5.02 Å². The van der Waals surface area contributed by atoms with Gasteiger partial charge in [-0.05, 0) is 35.7 Å². The summed E-state index contributed by atoms with van der Waals surface area (Å²) in [7, 11) is 0. The SMILES string of the molecule is Fc1ccc([C@H]2C[C@H](c3ccccc3Cl)n3ncnc3N2)cc1. The highest BCUT2D eigenvalue weighted by Gasteiger charge is 2.30. The summed E-state index contributed by atoms with van der Waals surface area (Å²) in [4.78, 5) is 4.28. The molecule has 6 heteroatoms. The molecule has 0 bridgehead atoms. The van der Waals surface area contributed by atoms with Crippen molar-refractivity contribution in [2.75, 3.05) is 5.32 Å². The van der Waals surface area contributed by atoms with E-state index in [0.29, 0.717) is 11.0 Å². The van der Waals surface area contributed by atoms with E-state index in [0.717, 1.165) is 17.5 Å². The first kappa shape index (κ1) is 14.2. The first-order valence-corrected chi connectivity index (χ1v) is 7.76. The van der Waals surface area contributed by atoms with Crippen LogP contribution in [0.25, 0.3) is 0 Å². The predicted octanol–water partition coefficient (Wildman–Crippen LogP) is 4.22. The van der Waals surface area contributed by atoms with Gasteiger partial charge < -0.3 is 5.32 Å². The first-order valence-electron chi connectivity index (χ1n) is 7.38. The summed E-state index contributed by atoms with van der Waals surface area (Å²) in [6.45, 7) is 0. The molecule has 0 aliphatic carbocycles. The van der Waals surface area contributed by atoms with Crippen LogP contribution in [0.2, 0.25) is 5.02 Å². The summed E-state index contributed by atoms with van der Waals surface area (Å²) in [5.41, 5.74) is 2.02. The van der Waals surface area contributed by atoms with Crippen LogP contribution in [0.15, 0.2) is 54.9 Å². The Morgan fingerprint density at radius 1 is 1.13 bits per heavy atom. The van der Waals surface area contributed by atoms with Gasteiger partial charge in [0.15, 0.2) is 0 Å². The van der Waals surface area contributed by atoms with Gasteiger partial charge in [-0.25, -0.2) is 9.07 Å². The number of hydrogen-bond donors (Lipinski definition) is 1. The Morgan fingerprint density at radius 3 is 2.70 bits per heavy atom. The molecule has 1 aliphatic heterocycles. The third kappa shape index (κ3) is 2.57. The molecule has 4 rings (SSSR count). The van der Waals surface area contributed by atoms with Crippen LogP contribution in [-0.4, -0.2) is 14.8 Å². The lowest BCUT2D eigenvalue weighted by Crippen LogP contribution is -2.28. The van der Waals surface area contributed by atoms with E-state index in [4.69, 9.17) is 11.6 Å². The fourth-order valence-corrected chi connectivity index (χ4v) is 3.30. The third-order valence-corrected chi connectivity index (χ3v) is 4.51. The van der Waals surface area contributed by atoms with Crippen molar-refractivity contribution >= 4 is 17.5 Å². The van der Waals surface area contributed by atoms with E-state index < -0.39 is 0 Å². The second-order valence-corrected chi connectivity index (χ2v) is 5.96. The molecule has 2 heterocycles. The van der Waals surface area contributed by atoms with Crippen LogP contribution in [0.1, 0.15) is 29.6 Å². The summed E-state index contributed by atoms with van der Waals surface area (Å²) in [5.74, 6) is 0.450. The van der Waals surface area contributed by atoms with Gasteiger partial charge in [0.25, 0.3) is 0 Å². The van der Waals surface area contributed by atoms with Gasteiger partial charge in [-0.2, -0.15) is 10.1 Å². The van der Waals surface area contributed by atoms with Crippen molar-refractivity contribution in [3.8, 4) is 0 Å². The van der Waals surface area contributed by atoms with E-state index in [1.54, 1.807) is 12.1 Å². The fraction of sp³-hybridized carbons (Fsp3) is 0.176. The van der Waals surface area contributed by atoms with Crippen LogP contribution in [0.4, 0.5) is 10.3 Å². The highest BCUT2D eigenvalue weighted by Crippen LogP contribution is 2.39. The maximum absolute atomic E-state index is 13.2. The molecule has 4 nitrogen and oxygen atoms in total. The molecule has 0 radical (unpaired) electrons. The van der Waals surface area contributed by atoms with Crippen LogP contribution in [0.3, 0.4) is 0 Å². The van der Waals surface area contributed by atoms with Gasteiger partial charge in [-0.3, -0.25) is 0 Å². The third-order valence-electron chi connectivity index (χ3n) is 4.17. The zero-order valence-electron chi connectivity index (χ0n) is 12.2. The van der Waals surface area contributed by atoms with E-state index in [-0.39, 0.29) is 17.9 Å². The lowest BCUT2D eigenvalue weighted by molar-refractivity contribution is 0.430. The molecule has 3 aromatic rings. The van der Waals surface area contributed by atoms with Crippen molar-refractivity contribution in [1.82, 2.24) is 14.8 Å². The molecule has 23 heavy (non-hydrogen) atoms. The number of nitrogens with zero attached hydrogens (tertiary/aromatic N) is 3. The highest BCUT2D eigenvalue weighted by molar-refractivity contribution is 6.31. The quantitative estimate of drug-likeness (QED) is 0.766. The van der Waals surface area contributed by atoms with E-state index in [9.17, 15) is 4.39 Å². The normalized spacial score (nSPS) is 19.9. The largest absolute Gasteiger partial charge is 0.348 e. The van der Waals surface area contributed by atoms with Crippen LogP contribution in [-0.2, 0) is 0 Å². The van der Waals surface area contributed by atoms with E-state index >= 15 is 0 Å². The van der Waals surface area contributed by atoms with Crippen molar-refractivity contribution < 1.29 is 4.39 Å². The van der Waals surface area contributed by atoms with E-state index in [1.165, 1.54) is 18.5 Å². The maximum Gasteiger partial charge on any atom is 0.222 e. The molecule has 0 saturated heterocycles. The van der Waals surface area contributed by atoms with Crippen LogP contribution >= 0.6 is 11.6 Å². The van der Waals surface area contributed by atoms with Crippen LogP contribution in [0.5, 0.6) is 0 Å². The lowest BCUT2D eigenvalue weighted by Gasteiger charge is -2.32. The molecule has 1 aromatic heterocycles. The fourth-order valence-electron chi connectivity index (χ4n) is 3.04. The van der Waals surface area contributed by atoms with Gasteiger partial charge in [-0.1, -0.05) is 41.9 Å². The summed E-state index contributed by atoms with van der Waals surface area (Å²) >= 11 is 6.37. The Balaban J connectivity index is 1.75. The molecule has 0 amide bonds. The number of rotatable bonds is 2. The molecule has 1 N–H and O–H groups in total. The number of anilines is 1. The highest BCUT2D eigenvalue weighted by atomic mass is 35.5. The Morgan fingerprint density at radius 2 is 1.91 bits per heavy atom. The molecule has 1 aliphatic rings. The zero-order valence-corrected chi connectivity index (χ0v) is 12.9. The second kappa shape index (κ2) is 5.66. The van der Waals surface area contributed by atoms with Crippen molar-refractivity contribution in [2.45, 2.75) is 18.5 Å². The van der Waals surface area contributed by atoms with Gasteiger partial charge >= 0.3 is 0 Å². The van der Waals surface area contributed by atoms with E-state index in [2.05, 4.69) is 15.4 Å². The van der Waals surface area contributed by atoms with Crippen LogP contribution in [0, 0.1) is 5.82 Å². The summed E-state index contributed by atoms with van der Waals surface area (Å²) < 4.78 is 15.0. The van der Waals surface area contributed by atoms with Crippen molar-refractivity contribution in [2.24, 2.45) is 0 Å². The second-order valence-electron chi connectivity index (χ2n) is 5.55. The Bertz CT molecular complexity index is 831. The smallest absolute Gasteiger partial charge is 0.222 e. The molecule has 116 valence electrons. The summed E-state index contributed by atoms with van der Waals surface area (Å²) in [5, 5.41) is 8.39. The summed E-state index contributed by atoms with van der Waals surface area (Å²) in [6.07, 6.45) is 2.28. The molecular formula is C17H14ClFN4. The maximum atomic E-state index is 13.2. The predicted molar refractivity (Wildman–Crippen MR) is 87.0 cm³/mol. The van der Waals surface area contributed by atoms with E-state index in [1.807, 2.05) is 28.9 Å². The minimum absolute atomic E-state index is 0.0162. The lowest BCUT2D eigenvalue weighted by atomic mass is 9.93. The molecule has 2 atom stereocenters. The topological polar surface area (TPSA) is 42.7 Å². The number of hydrogen-bond acceptors (Lipinski definition) is 3. The minimum atomic E-state index is -0.240. The van der Waals surface area contributed by atoms with Crippen molar-refractivity contribution in [3.05, 3.63) is 76.8 Å². The molecule has 0 saturated carbocycles. The van der Waals surface area contributed by atoms with Gasteiger partial charge in [-0.15, -0.1) is 0 Å². The van der Waals surface area contributed by atoms with Gasteiger partial charge in [0.2, 0.25) is 5.95 Å². The zero-order chi connectivity index (χ0) is 15.8. The average Bonchev–Trinajstić information content (AvgIpc) is 3.04. The standard InChI is InChI=1S/C17H14ClFN4/c18-14-4-2-1-3-13(14)16-9-15(11-5-7-12(19)8-6-11)22-17-20-10-21-23(16)17/h1-8,10,15-16H,9H2,(H,20,21,22)/t15-,16-/m1/s1. The number of benzene rings is 2. The Kier molecular flexibility index (Phi) is 3.50. The molecule has 0 unspecified atom stereocenters. The first-order chi connectivity index (χ1) is 11.2. The number of aromatic nitrogens is 3. The number of halogens is 2. The summed E-state index contributed by atoms with van der Waals surface area (Å²) in [6, 6.07) is 14.3. The van der Waals surface area contributed by atoms with Crippen molar-refractivity contribution in [3.63, 3.8) is 0 Å². The average molecular weight is 329 g/mol. The number of nitrogens with one attached hydrogen (secondary N) is 1. The minimum Gasteiger partial charge on any atom is -0.348 e. The number of fused-ring (bicyclic) bond motifs is 1. The molecular weight excluding hydrogens is 315 g/mol. The Hall–Kier alpha value is -2.40.